The first-order chi connectivity index (χ1) is 12.0. The van der Waals surface area contributed by atoms with Gasteiger partial charge in [0.15, 0.2) is 0 Å². The third kappa shape index (κ3) is 6.51. The minimum absolute atomic E-state index is 0.0287. The van der Waals surface area contributed by atoms with E-state index in [1.54, 1.807) is 18.2 Å². The van der Waals surface area contributed by atoms with E-state index in [4.69, 9.17) is 16.3 Å². The van der Waals surface area contributed by atoms with Crippen LogP contribution in [0.2, 0.25) is 5.02 Å². The van der Waals surface area contributed by atoms with E-state index < -0.39 is 28.0 Å². The molecule has 0 saturated carbocycles. The Labute approximate surface area is 154 Å². The molecule has 0 saturated heterocycles. The molecular weight excluding hydrogens is 393 g/mol. The summed E-state index contributed by atoms with van der Waals surface area (Å²) in [6.45, 7) is -0.236. The minimum Gasteiger partial charge on any atom is -0.486 e. The van der Waals surface area contributed by atoms with Crippen molar-refractivity contribution in [1.29, 1.82) is 0 Å². The first-order valence-electron chi connectivity index (χ1n) is 7.48. The fourth-order valence-corrected chi connectivity index (χ4v) is 2.80. The highest BCUT2D eigenvalue weighted by atomic mass is 35.5. The summed E-state index contributed by atoms with van der Waals surface area (Å²) in [4.78, 5) is 0. The molecule has 2 rings (SSSR count). The fourth-order valence-electron chi connectivity index (χ4n) is 2.22. The number of hydrogen-bond donors (Lipinski definition) is 0. The zero-order valence-corrected chi connectivity index (χ0v) is 15.2. The standard InChI is InChI=1S/C17H16ClF3O4S/c1-26(22,23)24-9-8-16(25-15-7-3-6-14(18)11-15)12-4-2-5-13(10-12)17(19,20)21/h2-7,10-11,16H,8-9H2,1H3. The maximum absolute atomic E-state index is 13.0. The summed E-state index contributed by atoms with van der Waals surface area (Å²) in [6, 6.07) is 11.0. The second kappa shape index (κ2) is 8.28. The molecule has 0 aliphatic carbocycles. The highest BCUT2D eigenvalue weighted by Gasteiger charge is 2.31. The van der Waals surface area contributed by atoms with Gasteiger partial charge in [-0.05, 0) is 35.9 Å². The summed E-state index contributed by atoms with van der Waals surface area (Å²) in [5.74, 6) is 0.347. The molecule has 0 amide bonds. The van der Waals surface area contributed by atoms with Gasteiger partial charge in [-0.25, -0.2) is 0 Å². The van der Waals surface area contributed by atoms with E-state index in [2.05, 4.69) is 4.18 Å². The lowest BCUT2D eigenvalue weighted by atomic mass is 10.0. The summed E-state index contributed by atoms with van der Waals surface area (Å²) >= 11 is 5.89. The maximum atomic E-state index is 13.0. The van der Waals surface area contributed by atoms with Gasteiger partial charge in [-0.2, -0.15) is 21.6 Å². The molecular formula is C17H16ClF3O4S. The van der Waals surface area contributed by atoms with E-state index in [9.17, 15) is 21.6 Å². The Morgan fingerprint density at radius 3 is 2.42 bits per heavy atom. The molecule has 0 aliphatic heterocycles. The highest BCUT2D eigenvalue weighted by molar-refractivity contribution is 7.85. The second-order valence-electron chi connectivity index (χ2n) is 5.50. The Kier molecular flexibility index (Phi) is 6.54. The van der Waals surface area contributed by atoms with Crippen molar-refractivity contribution < 1.29 is 30.5 Å². The number of halogens is 4. The third-order valence-electron chi connectivity index (χ3n) is 3.34. The molecule has 0 radical (unpaired) electrons. The fraction of sp³-hybridized carbons (Fsp3) is 0.294. The molecule has 142 valence electrons. The van der Waals surface area contributed by atoms with Gasteiger partial charge in [0.1, 0.15) is 11.9 Å². The van der Waals surface area contributed by atoms with Gasteiger partial charge < -0.3 is 4.74 Å². The van der Waals surface area contributed by atoms with Crippen LogP contribution in [-0.2, 0) is 20.5 Å². The van der Waals surface area contributed by atoms with Crippen LogP contribution in [0.4, 0.5) is 13.2 Å². The van der Waals surface area contributed by atoms with Crippen molar-refractivity contribution in [2.45, 2.75) is 18.7 Å². The van der Waals surface area contributed by atoms with E-state index in [0.717, 1.165) is 18.4 Å². The van der Waals surface area contributed by atoms with Gasteiger partial charge in [0.2, 0.25) is 0 Å². The van der Waals surface area contributed by atoms with Crippen LogP contribution in [0.3, 0.4) is 0 Å². The first-order valence-corrected chi connectivity index (χ1v) is 9.68. The quantitative estimate of drug-likeness (QED) is 0.615. The monoisotopic (exact) mass is 408 g/mol. The molecule has 0 aliphatic rings. The summed E-state index contributed by atoms with van der Waals surface area (Å²) in [7, 11) is -3.67. The van der Waals surface area contributed by atoms with E-state index in [1.165, 1.54) is 18.2 Å². The predicted molar refractivity (Wildman–Crippen MR) is 91.7 cm³/mol. The van der Waals surface area contributed by atoms with Gasteiger partial charge in [0.05, 0.1) is 18.4 Å². The highest BCUT2D eigenvalue weighted by Crippen LogP contribution is 2.33. The van der Waals surface area contributed by atoms with E-state index in [1.807, 2.05) is 0 Å². The van der Waals surface area contributed by atoms with Crippen LogP contribution in [0.25, 0.3) is 0 Å². The van der Waals surface area contributed by atoms with Crippen molar-refractivity contribution in [3.63, 3.8) is 0 Å². The summed E-state index contributed by atoms with van der Waals surface area (Å²) in [5.41, 5.74) is -0.573. The molecule has 2 aromatic carbocycles. The zero-order valence-electron chi connectivity index (χ0n) is 13.7. The van der Waals surface area contributed by atoms with E-state index >= 15 is 0 Å². The van der Waals surface area contributed by atoms with Crippen LogP contribution in [0.15, 0.2) is 48.5 Å². The lowest BCUT2D eigenvalue weighted by molar-refractivity contribution is -0.137. The molecule has 0 aromatic heterocycles. The van der Waals surface area contributed by atoms with Gasteiger partial charge in [-0.1, -0.05) is 29.8 Å². The normalized spacial score (nSPS) is 13.4. The van der Waals surface area contributed by atoms with Crippen LogP contribution in [0.1, 0.15) is 23.7 Å². The van der Waals surface area contributed by atoms with Crippen LogP contribution >= 0.6 is 11.6 Å². The van der Waals surface area contributed by atoms with Gasteiger partial charge in [0.25, 0.3) is 10.1 Å². The van der Waals surface area contributed by atoms with Crippen molar-refractivity contribution in [1.82, 2.24) is 0 Å². The average Bonchev–Trinajstić information content (AvgIpc) is 2.52. The summed E-state index contributed by atoms with van der Waals surface area (Å²) in [6.07, 6.45) is -4.43. The van der Waals surface area contributed by atoms with Gasteiger partial charge in [-0.15, -0.1) is 0 Å². The topological polar surface area (TPSA) is 52.6 Å². The smallest absolute Gasteiger partial charge is 0.416 e. The molecule has 1 unspecified atom stereocenters. The van der Waals surface area contributed by atoms with E-state index in [-0.39, 0.29) is 18.6 Å². The average molecular weight is 409 g/mol. The van der Waals surface area contributed by atoms with Crippen molar-refractivity contribution in [2.24, 2.45) is 0 Å². The van der Waals surface area contributed by atoms with Crippen LogP contribution < -0.4 is 4.74 Å². The molecule has 0 spiro atoms. The summed E-state index contributed by atoms with van der Waals surface area (Å²) in [5, 5.41) is 0.401. The number of rotatable bonds is 7. The van der Waals surface area contributed by atoms with Gasteiger partial charge in [0, 0.05) is 11.4 Å². The minimum atomic E-state index is -4.50. The number of benzene rings is 2. The molecule has 4 nitrogen and oxygen atoms in total. The number of hydrogen-bond acceptors (Lipinski definition) is 4. The summed E-state index contributed by atoms with van der Waals surface area (Å²) < 4.78 is 71.5. The largest absolute Gasteiger partial charge is 0.486 e. The van der Waals surface area contributed by atoms with Crippen molar-refractivity contribution >= 4 is 21.7 Å². The third-order valence-corrected chi connectivity index (χ3v) is 4.17. The lowest BCUT2D eigenvalue weighted by Crippen LogP contribution is -2.14. The van der Waals surface area contributed by atoms with Crippen LogP contribution in [-0.4, -0.2) is 21.3 Å². The number of alkyl halides is 3. The van der Waals surface area contributed by atoms with Gasteiger partial charge >= 0.3 is 6.18 Å². The molecule has 26 heavy (non-hydrogen) atoms. The zero-order chi connectivity index (χ0) is 19.4. The second-order valence-corrected chi connectivity index (χ2v) is 7.58. The maximum Gasteiger partial charge on any atom is 0.416 e. The van der Waals surface area contributed by atoms with Crippen molar-refractivity contribution in [3.8, 4) is 5.75 Å². The van der Waals surface area contributed by atoms with Crippen molar-refractivity contribution in [2.75, 3.05) is 12.9 Å². The molecule has 9 heteroatoms. The SMILES string of the molecule is CS(=O)(=O)OCCC(Oc1cccc(Cl)c1)c1cccc(C(F)(F)F)c1. The predicted octanol–water partition coefficient (Wildman–Crippen LogP) is 4.85. The Morgan fingerprint density at radius 2 is 1.81 bits per heavy atom. The van der Waals surface area contributed by atoms with Crippen LogP contribution in [0.5, 0.6) is 5.75 Å². The lowest BCUT2D eigenvalue weighted by Gasteiger charge is -2.20. The Morgan fingerprint density at radius 1 is 1.12 bits per heavy atom. The molecule has 0 bridgehead atoms. The molecule has 0 fully saturated rings. The Hall–Kier alpha value is -1.77. The molecule has 1 atom stereocenters. The van der Waals surface area contributed by atoms with Crippen LogP contribution in [0, 0.1) is 0 Å². The Bertz CT molecular complexity index is 853. The van der Waals surface area contributed by atoms with Crippen molar-refractivity contribution in [3.05, 3.63) is 64.7 Å². The van der Waals surface area contributed by atoms with Gasteiger partial charge in [-0.3, -0.25) is 4.18 Å². The molecule has 0 N–H and O–H groups in total. The van der Waals surface area contributed by atoms with E-state index in [0.29, 0.717) is 10.8 Å². The molecule has 0 heterocycles. The number of ether oxygens (including phenoxy) is 1. The first kappa shape index (κ1) is 20.5. The Balaban J connectivity index is 2.27. The molecule has 2 aromatic rings.